The van der Waals surface area contributed by atoms with Gasteiger partial charge < -0.3 is 40.0 Å². The molecule has 16 nitrogen and oxygen atoms in total. The maximum atomic E-state index is 12.7. The van der Waals surface area contributed by atoms with Crippen LogP contribution in [0.3, 0.4) is 0 Å². The number of aliphatic hydroxyl groups is 3. The molecule has 0 saturated carbocycles. The first-order valence-electron chi connectivity index (χ1n) is 12.0. The number of carbonyl (C=O) groups is 2. The molecule has 3 aliphatic heterocycles. The van der Waals surface area contributed by atoms with E-state index in [0.29, 0.717) is 13.1 Å². The Hall–Kier alpha value is -3.12. The number of nitrogens with zero attached hydrogens (tertiary/aromatic N) is 2. The van der Waals surface area contributed by atoms with Crippen LogP contribution >= 0.6 is 0 Å². The predicted octanol–water partition coefficient (Wildman–Crippen LogP) is -3.84. The zero-order valence-corrected chi connectivity index (χ0v) is 20.5. The number of hydrazine groups is 1. The highest BCUT2D eigenvalue weighted by molar-refractivity contribution is 5.91. The summed E-state index contributed by atoms with van der Waals surface area (Å²) in [6.45, 7) is 1.26. The van der Waals surface area contributed by atoms with Crippen LogP contribution in [0.1, 0.15) is 25.5 Å². The van der Waals surface area contributed by atoms with Gasteiger partial charge in [0.15, 0.2) is 18.1 Å². The monoisotopic (exact) mass is 541 g/mol. The van der Waals surface area contributed by atoms with E-state index < -0.39 is 72.2 Å². The van der Waals surface area contributed by atoms with Gasteiger partial charge in [-0.25, -0.2) is 9.80 Å². The molecule has 7 N–H and O–H groups in total. The Bertz CT molecular complexity index is 1160. The third kappa shape index (κ3) is 5.80. The van der Waals surface area contributed by atoms with Gasteiger partial charge in [0.25, 0.3) is 5.56 Å². The second-order valence-electron chi connectivity index (χ2n) is 9.15. The maximum Gasteiger partial charge on any atom is 0.330 e. The summed E-state index contributed by atoms with van der Waals surface area (Å²) in [6, 6.07) is 1.03. The summed E-state index contributed by atoms with van der Waals surface area (Å²) < 4.78 is 23.0. The van der Waals surface area contributed by atoms with E-state index in [2.05, 4.69) is 5.43 Å². The van der Waals surface area contributed by atoms with Crippen molar-refractivity contribution in [1.29, 1.82) is 0 Å². The molecule has 0 radical (unpaired) electrons. The number of aromatic nitrogens is 2. The van der Waals surface area contributed by atoms with Gasteiger partial charge in [0, 0.05) is 32.5 Å². The van der Waals surface area contributed by atoms with Crippen LogP contribution in [0.2, 0.25) is 0 Å². The van der Waals surface area contributed by atoms with Gasteiger partial charge in [-0.15, -0.1) is 0 Å². The van der Waals surface area contributed by atoms with E-state index in [1.54, 1.807) is 5.01 Å². The molecule has 2 fully saturated rings. The lowest BCUT2D eigenvalue weighted by atomic mass is 10.0. The normalized spacial score (nSPS) is 32.7. The van der Waals surface area contributed by atoms with Gasteiger partial charge in [0.05, 0.1) is 0 Å². The van der Waals surface area contributed by atoms with Crippen LogP contribution < -0.4 is 22.4 Å². The summed E-state index contributed by atoms with van der Waals surface area (Å²) >= 11 is 0. The Kier molecular flexibility index (Phi) is 8.61. The number of H-pyrrole nitrogens is 1. The van der Waals surface area contributed by atoms with Gasteiger partial charge in [-0.2, -0.15) is 0 Å². The molecule has 0 bridgehead atoms. The van der Waals surface area contributed by atoms with Crippen molar-refractivity contribution in [2.45, 2.75) is 68.4 Å². The highest BCUT2D eigenvalue weighted by atomic mass is 16.7. The third-order valence-electron chi connectivity index (χ3n) is 6.54. The smallest absolute Gasteiger partial charge is 0.330 e. The Balaban J connectivity index is 1.52. The second kappa shape index (κ2) is 11.7. The Labute approximate surface area is 215 Å². The number of ether oxygens (including phenoxy) is 4. The summed E-state index contributed by atoms with van der Waals surface area (Å²) in [7, 11) is 1.21. The molecule has 8 atom stereocenters. The maximum absolute atomic E-state index is 12.7. The van der Waals surface area contributed by atoms with Crippen LogP contribution in [0.5, 0.6) is 0 Å². The molecule has 0 aromatic carbocycles. The molecular weight excluding hydrogens is 510 g/mol. The van der Waals surface area contributed by atoms with Crippen molar-refractivity contribution in [2.24, 2.45) is 5.73 Å². The number of nitrogens with one attached hydrogen (secondary N) is 2. The van der Waals surface area contributed by atoms with Gasteiger partial charge in [0.2, 0.25) is 12.2 Å². The quantitative estimate of drug-likeness (QED) is 0.186. The largest absolute Gasteiger partial charge is 0.456 e. The summed E-state index contributed by atoms with van der Waals surface area (Å²) in [6.07, 6.45) is -7.50. The van der Waals surface area contributed by atoms with E-state index in [-0.39, 0.29) is 5.76 Å². The van der Waals surface area contributed by atoms with Crippen LogP contribution in [0.25, 0.3) is 0 Å². The number of carbonyl (C=O) groups excluding carboxylic acids is 2. The molecule has 2 amide bonds. The zero-order valence-electron chi connectivity index (χ0n) is 20.5. The van der Waals surface area contributed by atoms with Crippen molar-refractivity contribution in [2.75, 3.05) is 20.2 Å². The average molecular weight is 542 g/mol. The Morgan fingerprint density at radius 2 is 1.89 bits per heavy atom. The fraction of sp³-hybridized carbons (Fsp3) is 0.636. The number of piperidine rings is 1. The van der Waals surface area contributed by atoms with Crippen molar-refractivity contribution >= 4 is 11.8 Å². The first-order valence-corrected chi connectivity index (χ1v) is 12.0. The van der Waals surface area contributed by atoms with E-state index >= 15 is 0 Å². The van der Waals surface area contributed by atoms with Crippen molar-refractivity contribution in [3.05, 3.63) is 44.9 Å². The van der Waals surface area contributed by atoms with Crippen LogP contribution in [0.15, 0.2) is 33.7 Å². The molecular formula is C22H31N5O11. The van der Waals surface area contributed by atoms with Crippen molar-refractivity contribution in [3.8, 4) is 0 Å². The number of hydrogen-bond acceptors (Lipinski definition) is 12. The molecule has 4 heterocycles. The number of rotatable bonds is 8. The van der Waals surface area contributed by atoms with Crippen LogP contribution in [-0.2, 0) is 28.5 Å². The molecule has 1 aromatic rings. The number of hydrogen-bond donors (Lipinski definition) is 6. The highest BCUT2D eigenvalue weighted by Gasteiger charge is 2.52. The van der Waals surface area contributed by atoms with Crippen LogP contribution in [0, 0.1) is 0 Å². The minimum absolute atomic E-state index is 0.352. The first-order chi connectivity index (χ1) is 18.1. The van der Waals surface area contributed by atoms with Crippen molar-refractivity contribution in [3.63, 3.8) is 0 Å². The summed E-state index contributed by atoms with van der Waals surface area (Å²) in [4.78, 5) is 50.8. The number of aliphatic hydroxyl groups excluding tert-OH is 3. The lowest BCUT2D eigenvalue weighted by molar-refractivity contribution is -0.241. The lowest BCUT2D eigenvalue weighted by Gasteiger charge is -2.35. The summed E-state index contributed by atoms with van der Waals surface area (Å²) in [5.74, 6) is -2.16. The summed E-state index contributed by atoms with van der Waals surface area (Å²) in [5, 5.41) is 33.2. The molecule has 8 unspecified atom stereocenters. The number of primary amides is 1. The topological polar surface area (TPSA) is 228 Å². The highest BCUT2D eigenvalue weighted by Crippen LogP contribution is 2.34. The van der Waals surface area contributed by atoms with Crippen LogP contribution in [0.4, 0.5) is 0 Å². The van der Waals surface area contributed by atoms with Crippen molar-refractivity contribution < 1.29 is 43.9 Å². The van der Waals surface area contributed by atoms with Crippen molar-refractivity contribution in [1.82, 2.24) is 20.0 Å². The molecule has 38 heavy (non-hydrogen) atoms. The number of methoxy groups -OCH3 is 1. The molecule has 1 aromatic heterocycles. The number of nitrogens with two attached hydrogens (primary N) is 1. The van der Waals surface area contributed by atoms with Gasteiger partial charge in [0.1, 0.15) is 30.5 Å². The number of aromatic amines is 1. The first kappa shape index (κ1) is 27.9. The molecule has 4 rings (SSSR count). The van der Waals surface area contributed by atoms with Gasteiger partial charge in [-0.3, -0.25) is 29.4 Å². The molecule has 3 aliphatic rings. The lowest BCUT2D eigenvalue weighted by Crippen LogP contribution is -2.54. The van der Waals surface area contributed by atoms with Crippen LogP contribution in [-0.4, -0.2) is 105 Å². The summed E-state index contributed by atoms with van der Waals surface area (Å²) in [5.41, 5.74) is 6.62. The fourth-order valence-corrected chi connectivity index (χ4v) is 4.59. The second-order valence-corrected chi connectivity index (χ2v) is 9.15. The molecule has 16 heteroatoms. The van der Waals surface area contributed by atoms with Gasteiger partial charge >= 0.3 is 11.6 Å². The number of amides is 2. The molecule has 0 aliphatic carbocycles. The third-order valence-corrected chi connectivity index (χ3v) is 6.54. The minimum atomic E-state index is -1.75. The molecule has 210 valence electrons. The SMILES string of the molecule is COC1C(O)C(n2ccc(=O)[nH]c2=O)OC1C(OC1OC(C(=O)NN2CCCCC2)=CC(O)C1O)C(N)=O. The predicted molar refractivity (Wildman–Crippen MR) is 125 cm³/mol. The average Bonchev–Trinajstić information content (AvgIpc) is 3.20. The van der Waals surface area contributed by atoms with Gasteiger partial charge in [-0.05, 0) is 18.9 Å². The van der Waals surface area contributed by atoms with E-state index in [0.717, 1.165) is 42.2 Å². The standard InChI is InChI=1S/C22H31N5O11/c1-35-15-14(31)20(27-8-5-12(29)24-22(27)34)37-16(15)17(18(23)32)38-21-13(30)10(28)9-11(36-21)19(33)25-26-6-3-2-4-7-26/h5,8-10,13-17,20-21,28,30-31H,2-4,6-7H2,1H3,(H2,23,32)(H,25,33)(H,24,29,34). The minimum Gasteiger partial charge on any atom is -0.456 e. The van der Waals surface area contributed by atoms with E-state index in [9.17, 15) is 34.5 Å². The van der Waals surface area contributed by atoms with E-state index in [1.165, 1.54) is 7.11 Å². The van der Waals surface area contributed by atoms with Gasteiger partial charge in [-0.1, -0.05) is 6.42 Å². The molecule has 2 saturated heterocycles. The zero-order chi connectivity index (χ0) is 27.6. The fourth-order valence-electron chi connectivity index (χ4n) is 4.59. The molecule has 0 spiro atoms. The van der Waals surface area contributed by atoms with E-state index in [4.69, 9.17) is 24.7 Å². The van der Waals surface area contributed by atoms with E-state index in [1.807, 2.05) is 4.98 Å². The Morgan fingerprint density at radius 1 is 1.18 bits per heavy atom. The Morgan fingerprint density at radius 3 is 2.53 bits per heavy atom.